The first-order valence-corrected chi connectivity index (χ1v) is 40.6. The zero-order valence-corrected chi connectivity index (χ0v) is 68.7. The van der Waals surface area contributed by atoms with Gasteiger partial charge in [-0.2, -0.15) is 0 Å². The largest absolute Gasteiger partial charge is 1.00 e. The molecule has 2 N–H and O–H groups in total. The molecule has 0 spiro atoms. The predicted molar refractivity (Wildman–Crippen MR) is 384 cm³/mol. The van der Waals surface area contributed by atoms with Gasteiger partial charge < -0.3 is 66.5 Å². The number of aliphatic hydroxyl groups is 2. The molecule has 26 heteroatoms. The average Bonchev–Trinajstić information content (AvgIpc) is 1.19. The van der Waals surface area contributed by atoms with Crippen LogP contribution < -0.4 is 68.9 Å². The minimum Gasteiger partial charge on any atom is -0.756 e. The third-order valence-corrected chi connectivity index (χ3v) is 18.0. The second kappa shape index (κ2) is 80.5. The number of esters is 6. The van der Waals surface area contributed by atoms with Crippen molar-refractivity contribution in [2.75, 3.05) is 52.9 Å². The van der Waals surface area contributed by atoms with Gasteiger partial charge >= 0.3 is 94.9 Å². The van der Waals surface area contributed by atoms with Crippen LogP contribution in [0.5, 0.6) is 0 Å². The first kappa shape index (κ1) is 110. The zero-order valence-electron chi connectivity index (χ0n) is 62.9. The molecule has 0 bridgehead atoms. The Morgan fingerprint density at radius 1 is 0.310 bits per heavy atom. The summed E-state index contributed by atoms with van der Waals surface area (Å²) in [6, 6.07) is 0. The van der Waals surface area contributed by atoms with Crippen LogP contribution in [0, 0.1) is 0 Å². The van der Waals surface area contributed by atoms with Crippen molar-refractivity contribution < 1.29 is 164 Å². The Morgan fingerprint density at radius 2 is 0.520 bits per heavy atom. The number of aliphatic hydroxyl groups excluding tert-OH is 2. The molecular formula is C74H144Na2O22P2. The molecule has 0 saturated heterocycles. The maximum Gasteiger partial charge on any atom is 1.00 e. The van der Waals surface area contributed by atoms with Crippen molar-refractivity contribution >= 4 is 51.5 Å². The van der Waals surface area contributed by atoms with Gasteiger partial charge in [0.25, 0.3) is 15.6 Å². The molecule has 0 heterocycles. The van der Waals surface area contributed by atoms with Gasteiger partial charge in [0, 0.05) is 39.5 Å². The van der Waals surface area contributed by atoms with E-state index in [-0.39, 0.29) is 113 Å². The van der Waals surface area contributed by atoms with Gasteiger partial charge in [0.05, 0.1) is 33.0 Å². The number of phosphoric acid groups is 2. The Morgan fingerprint density at radius 3 is 0.750 bits per heavy atom. The summed E-state index contributed by atoms with van der Waals surface area (Å²) in [6.45, 7) is 6.77. The number of hydrogen-bond donors (Lipinski definition) is 2. The van der Waals surface area contributed by atoms with Crippen molar-refractivity contribution in [2.24, 2.45) is 0 Å². The van der Waals surface area contributed by atoms with E-state index >= 15 is 0 Å². The summed E-state index contributed by atoms with van der Waals surface area (Å²) in [7, 11) is -9.83. The fourth-order valence-corrected chi connectivity index (χ4v) is 11.9. The summed E-state index contributed by atoms with van der Waals surface area (Å²) in [5, 5.41) is 18.2. The van der Waals surface area contributed by atoms with E-state index in [2.05, 4.69) is 32.2 Å². The van der Waals surface area contributed by atoms with Crippen LogP contribution in [0.2, 0.25) is 0 Å². The second-order valence-corrected chi connectivity index (χ2v) is 28.5. The molecule has 0 aliphatic heterocycles. The summed E-state index contributed by atoms with van der Waals surface area (Å²) in [5.74, 6) is -3.34. The molecule has 0 aliphatic carbocycles. The summed E-state index contributed by atoms with van der Waals surface area (Å²) in [4.78, 5) is 96.8. The average molecular weight is 1490 g/mol. The standard InChI is InChI=1S/C38H71O12P.C34H67O10P.2CH4.2Na/c1-5-7-9-11-13-15-17-19-21-23-25-27-37(41)46-30-36(50-38(42)28-26-24-22-20-18-16-14-12-10-8-6-2)32-48-51(43,44)47-31-35(49-34(4)40)29-45-33(3)39;1-3-5-7-9-11-13-15-17-19-21-23-25-33(37)41-29-32(30-43-45(39,40)42-28-31(36)27-35)44-34(38)26-24-22-20-18-16-14-12-10-8-6-4-2;;;;/h35-36H,5-32H2,1-4H3,(H,43,44);31-32,35-36H,3-30H2,1-2H3,(H,39,40);2*1H4;;/q;;;;2*+1/p-2/t35?,36-;31?,32-;;;;/m11..../s1. The predicted octanol–water partition coefficient (Wildman–Crippen LogP) is 11.8. The van der Waals surface area contributed by atoms with E-state index in [1.807, 2.05) is 0 Å². The molecule has 0 fully saturated rings. The van der Waals surface area contributed by atoms with E-state index in [1.165, 1.54) is 180 Å². The Hall–Kier alpha value is -1.04. The summed E-state index contributed by atoms with van der Waals surface area (Å²) < 4.78 is 74.9. The SMILES string of the molecule is C.C.CCCCCCCCCCCCCC(=O)OC[C@H](COP(=O)([O-])OCC(COC(C)=O)OC(C)=O)OC(=O)CCCCCCCCCCCCC.CCCCCCCCCCCCCC(=O)OC[C@H](COP(=O)([O-])OCC(O)CO)OC(=O)CCCCCCCCCCCCC.[Na+].[Na+]. The number of phosphoric ester groups is 2. The number of rotatable bonds is 70. The van der Waals surface area contributed by atoms with Gasteiger partial charge in [-0.05, 0) is 25.7 Å². The molecule has 0 rings (SSSR count). The van der Waals surface area contributed by atoms with E-state index < -0.39 is 116 Å². The smallest absolute Gasteiger partial charge is 0.756 e. The van der Waals surface area contributed by atoms with Crippen LogP contribution >= 0.6 is 15.6 Å². The minimum atomic E-state index is -4.98. The molecule has 6 atom stereocenters. The quantitative estimate of drug-likeness (QED) is 0.0188. The van der Waals surface area contributed by atoms with Crippen LogP contribution in [-0.2, 0) is 84.4 Å². The zero-order chi connectivity index (χ0) is 71.4. The van der Waals surface area contributed by atoms with Gasteiger partial charge in [-0.1, -0.05) is 299 Å². The van der Waals surface area contributed by atoms with Gasteiger partial charge in [-0.15, -0.1) is 0 Å². The summed E-state index contributed by atoms with van der Waals surface area (Å²) in [5.41, 5.74) is 0. The Labute approximate surface area is 652 Å². The fourth-order valence-electron chi connectivity index (χ4n) is 10.4. The van der Waals surface area contributed by atoms with E-state index in [0.717, 1.165) is 90.9 Å². The van der Waals surface area contributed by atoms with Crippen LogP contribution in [0.4, 0.5) is 0 Å². The summed E-state index contributed by atoms with van der Waals surface area (Å²) >= 11 is 0. The van der Waals surface area contributed by atoms with Crippen molar-refractivity contribution in [1.29, 1.82) is 0 Å². The van der Waals surface area contributed by atoms with Crippen molar-refractivity contribution in [2.45, 2.75) is 389 Å². The Bertz CT molecular complexity index is 1960. The molecule has 0 aliphatic rings. The van der Waals surface area contributed by atoms with Crippen molar-refractivity contribution in [3.05, 3.63) is 0 Å². The molecule has 0 aromatic rings. The normalized spacial score (nSPS) is 13.3. The van der Waals surface area contributed by atoms with Crippen LogP contribution in [-0.4, -0.2) is 123 Å². The molecule has 4 unspecified atom stereocenters. The molecule has 0 aromatic heterocycles. The minimum absolute atomic E-state index is 0. The monoisotopic (exact) mass is 1490 g/mol. The van der Waals surface area contributed by atoms with Gasteiger partial charge in [-0.25, -0.2) is 0 Å². The molecule has 0 saturated carbocycles. The van der Waals surface area contributed by atoms with Gasteiger partial charge in [0.15, 0.2) is 18.3 Å². The Kier molecular flexibility index (Phi) is 88.5. The van der Waals surface area contributed by atoms with Crippen LogP contribution in [0.3, 0.4) is 0 Å². The van der Waals surface area contributed by atoms with Gasteiger partial charge in [-0.3, -0.25) is 37.9 Å². The Balaban J connectivity index is -0.000000428. The first-order chi connectivity index (χ1) is 46.2. The first-order valence-electron chi connectivity index (χ1n) is 37.7. The molecule has 584 valence electrons. The van der Waals surface area contributed by atoms with Crippen LogP contribution in [0.1, 0.15) is 365 Å². The topological polar surface area (TPSA) is 315 Å². The number of hydrogen-bond acceptors (Lipinski definition) is 22. The summed E-state index contributed by atoms with van der Waals surface area (Å²) in [6.07, 6.45) is 46.5. The molecule has 22 nitrogen and oxygen atoms in total. The maximum atomic E-state index is 12.6. The fraction of sp³-hybridized carbons (Fsp3) is 0.919. The number of ether oxygens (including phenoxy) is 6. The number of unbranched alkanes of at least 4 members (excludes halogenated alkanes) is 40. The van der Waals surface area contributed by atoms with Crippen LogP contribution in [0.25, 0.3) is 0 Å². The molecule has 0 radical (unpaired) electrons. The molecule has 0 aromatic carbocycles. The molecular weight excluding hydrogens is 1350 g/mol. The van der Waals surface area contributed by atoms with Crippen molar-refractivity contribution in [3.8, 4) is 0 Å². The van der Waals surface area contributed by atoms with E-state index in [0.29, 0.717) is 25.7 Å². The van der Waals surface area contributed by atoms with Gasteiger partial charge in [0.1, 0.15) is 25.9 Å². The van der Waals surface area contributed by atoms with Crippen LogP contribution in [0.15, 0.2) is 0 Å². The number of carbonyl (C=O) groups is 6. The van der Waals surface area contributed by atoms with E-state index in [1.54, 1.807) is 0 Å². The third-order valence-electron chi connectivity index (χ3n) is 16.1. The maximum absolute atomic E-state index is 12.6. The van der Waals surface area contributed by atoms with Crippen molar-refractivity contribution in [3.63, 3.8) is 0 Å². The third kappa shape index (κ3) is 82.6. The van der Waals surface area contributed by atoms with Gasteiger partial charge in [0.2, 0.25) is 0 Å². The van der Waals surface area contributed by atoms with E-state index in [4.69, 9.17) is 47.1 Å². The second-order valence-electron chi connectivity index (χ2n) is 25.7. The molecule has 100 heavy (non-hydrogen) atoms. The van der Waals surface area contributed by atoms with Crippen molar-refractivity contribution in [1.82, 2.24) is 0 Å². The number of carbonyl (C=O) groups excluding carboxylic acids is 6. The van der Waals surface area contributed by atoms with E-state index in [9.17, 15) is 52.8 Å². The molecule has 0 amide bonds.